The van der Waals surface area contributed by atoms with Gasteiger partial charge in [-0.25, -0.2) is 9.59 Å². The van der Waals surface area contributed by atoms with Gasteiger partial charge in [-0.2, -0.15) is 0 Å². The predicted molar refractivity (Wildman–Crippen MR) is 67.1 cm³/mol. The van der Waals surface area contributed by atoms with Crippen LogP contribution in [0.25, 0.3) is 0 Å². The molecule has 0 saturated heterocycles. The first-order valence-electron chi connectivity index (χ1n) is 5.55. The highest BCUT2D eigenvalue weighted by Crippen LogP contribution is 2.32. The van der Waals surface area contributed by atoms with E-state index in [9.17, 15) is 19.8 Å². The van der Waals surface area contributed by atoms with Crippen molar-refractivity contribution in [2.75, 3.05) is 28.4 Å². The molecule has 0 amide bonds. The lowest BCUT2D eigenvalue weighted by atomic mass is 9.94. The molecule has 0 fully saturated rings. The van der Waals surface area contributed by atoms with Crippen LogP contribution in [0.4, 0.5) is 0 Å². The first-order valence-corrected chi connectivity index (χ1v) is 5.55. The number of methoxy groups -OCH3 is 4. The second-order valence-corrected chi connectivity index (χ2v) is 4.07. The largest absolute Gasteiger partial charge is 0.478 e. The third-order valence-electron chi connectivity index (χ3n) is 3.14. The zero-order chi connectivity index (χ0) is 16.1. The van der Waals surface area contributed by atoms with E-state index in [1.807, 2.05) is 0 Å². The lowest BCUT2D eigenvalue weighted by Gasteiger charge is -2.33. The Kier molecular flexibility index (Phi) is 6.30. The first-order chi connectivity index (χ1) is 9.13. The molecule has 0 aromatic carbocycles. The van der Waals surface area contributed by atoms with E-state index in [0.717, 1.165) is 0 Å². The number of rotatable bonds is 8. The normalized spacial score (nSPS) is 13.9. The third kappa shape index (κ3) is 3.34. The predicted octanol–water partition coefficient (Wildman–Crippen LogP) is 0.470. The lowest BCUT2D eigenvalue weighted by molar-refractivity contribution is -0.192. The summed E-state index contributed by atoms with van der Waals surface area (Å²) in [5.74, 6) is -6.60. The molecule has 0 aliphatic rings. The molecule has 0 aliphatic carbocycles. The van der Waals surface area contributed by atoms with E-state index in [1.54, 1.807) is 0 Å². The average Bonchev–Trinajstić information content (AvgIpc) is 2.42. The van der Waals surface area contributed by atoms with E-state index in [-0.39, 0.29) is 0 Å². The van der Waals surface area contributed by atoms with Crippen LogP contribution in [0.1, 0.15) is 13.8 Å². The fourth-order valence-corrected chi connectivity index (χ4v) is 1.63. The smallest absolute Gasteiger partial charge is 0.337 e. The van der Waals surface area contributed by atoms with E-state index in [4.69, 9.17) is 18.9 Å². The van der Waals surface area contributed by atoms with Crippen LogP contribution in [0, 0.1) is 0 Å². The molecule has 8 nitrogen and oxygen atoms in total. The summed E-state index contributed by atoms with van der Waals surface area (Å²) in [6.07, 6.45) is 0. The van der Waals surface area contributed by atoms with Crippen LogP contribution in [0.2, 0.25) is 0 Å². The van der Waals surface area contributed by atoms with Crippen molar-refractivity contribution in [1.29, 1.82) is 0 Å². The van der Waals surface area contributed by atoms with Gasteiger partial charge in [-0.1, -0.05) is 0 Å². The molecule has 8 heteroatoms. The van der Waals surface area contributed by atoms with Crippen LogP contribution in [0.3, 0.4) is 0 Å². The monoisotopic (exact) mass is 292 g/mol. The van der Waals surface area contributed by atoms with Gasteiger partial charge >= 0.3 is 11.9 Å². The fraction of sp³-hybridized carbons (Fsp3) is 0.667. The molecule has 116 valence electrons. The maximum Gasteiger partial charge on any atom is 0.337 e. The van der Waals surface area contributed by atoms with Gasteiger partial charge in [0.1, 0.15) is 11.1 Å². The van der Waals surface area contributed by atoms with Gasteiger partial charge < -0.3 is 29.2 Å². The number of carbonyl (C=O) groups is 2. The van der Waals surface area contributed by atoms with Gasteiger partial charge in [-0.05, 0) is 13.8 Å². The van der Waals surface area contributed by atoms with Crippen LogP contribution >= 0.6 is 0 Å². The molecule has 0 aromatic rings. The molecule has 0 bridgehead atoms. The van der Waals surface area contributed by atoms with Gasteiger partial charge in [0.2, 0.25) is 0 Å². The molecule has 20 heavy (non-hydrogen) atoms. The summed E-state index contributed by atoms with van der Waals surface area (Å²) in [7, 11) is 4.79. The number of hydrogen-bond donors (Lipinski definition) is 2. The summed E-state index contributed by atoms with van der Waals surface area (Å²) in [5, 5.41) is 18.7. The van der Waals surface area contributed by atoms with Crippen LogP contribution in [0.15, 0.2) is 11.1 Å². The average molecular weight is 292 g/mol. The van der Waals surface area contributed by atoms with Gasteiger partial charge in [-0.15, -0.1) is 0 Å². The molecule has 0 aromatic heterocycles. The third-order valence-corrected chi connectivity index (χ3v) is 3.14. The Balaban J connectivity index is 6.52. The van der Waals surface area contributed by atoms with Crippen LogP contribution < -0.4 is 0 Å². The summed E-state index contributed by atoms with van der Waals surface area (Å²) in [6, 6.07) is 0. The number of ether oxygens (including phenoxy) is 4. The van der Waals surface area contributed by atoms with Crippen LogP contribution in [0.5, 0.6) is 0 Å². The maximum absolute atomic E-state index is 11.5. The summed E-state index contributed by atoms with van der Waals surface area (Å²) in [5.41, 5.74) is -1.25. The zero-order valence-electron chi connectivity index (χ0n) is 12.3. The lowest BCUT2D eigenvalue weighted by Crippen LogP contribution is -2.44. The first kappa shape index (κ1) is 18.5. The summed E-state index contributed by atoms with van der Waals surface area (Å²) in [6.45, 7) is 2.57. The fourth-order valence-electron chi connectivity index (χ4n) is 1.63. The second kappa shape index (κ2) is 6.80. The van der Waals surface area contributed by atoms with Gasteiger partial charge in [0.25, 0.3) is 0 Å². The van der Waals surface area contributed by atoms with Gasteiger partial charge in [0.15, 0.2) is 11.6 Å². The minimum absolute atomic E-state index is 0.624. The molecular formula is C12H20O8. The number of carboxylic acid groups (broad SMARTS) is 2. The van der Waals surface area contributed by atoms with E-state index < -0.39 is 34.7 Å². The Labute approximate surface area is 116 Å². The highest BCUT2D eigenvalue weighted by Gasteiger charge is 2.46. The van der Waals surface area contributed by atoms with Crippen molar-refractivity contribution in [2.45, 2.75) is 25.4 Å². The van der Waals surface area contributed by atoms with E-state index in [1.165, 1.54) is 42.3 Å². The number of hydrogen-bond acceptors (Lipinski definition) is 6. The van der Waals surface area contributed by atoms with Crippen LogP contribution in [-0.2, 0) is 28.5 Å². The second-order valence-electron chi connectivity index (χ2n) is 4.07. The van der Waals surface area contributed by atoms with Crippen molar-refractivity contribution in [1.82, 2.24) is 0 Å². The molecule has 0 unspecified atom stereocenters. The highest BCUT2D eigenvalue weighted by atomic mass is 16.7. The van der Waals surface area contributed by atoms with Crippen molar-refractivity contribution in [3.63, 3.8) is 0 Å². The molecule has 0 atom stereocenters. The molecule has 0 heterocycles. The topological polar surface area (TPSA) is 112 Å². The van der Waals surface area contributed by atoms with E-state index in [0.29, 0.717) is 0 Å². The van der Waals surface area contributed by atoms with Gasteiger partial charge in [0.05, 0.1) is 0 Å². The summed E-state index contributed by atoms with van der Waals surface area (Å²) in [4.78, 5) is 23.0. The molecule has 0 spiro atoms. The Bertz CT molecular complexity index is 366. The maximum atomic E-state index is 11.5. The Morgan fingerprint density at radius 1 is 0.700 bits per heavy atom. The molecule has 0 rings (SSSR count). The Morgan fingerprint density at radius 2 is 0.900 bits per heavy atom. The standard InChI is InChI=1S/C12H20O8/c1-11(17-3,18-4)7(9(13)14)8(10(15)16)12(2,19-5)20-6/h1-6H3,(H,13,14)(H,15,16). The Morgan fingerprint density at radius 3 is 1.00 bits per heavy atom. The zero-order valence-corrected chi connectivity index (χ0v) is 12.3. The molecule has 0 radical (unpaired) electrons. The number of aliphatic carboxylic acids is 2. The molecule has 0 saturated carbocycles. The van der Waals surface area contributed by atoms with Crippen molar-refractivity contribution < 1.29 is 38.7 Å². The van der Waals surface area contributed by atoms with Crippen molar-refractivity contribution in [3.8, 4) is 0 Å². The molecular weight excluding hydrogens is 272 g/mol. The summed E-state index contributed by atoms with van der Waals surface area (Å²) < 4.78 is 20.0. The molecule has 0 aliphatic heterocycles. The SMILES string of the molecule is COC(C)(OC)C(C(=O)O)=C(C(=O)O)C(C)(OC)OC. The molecule has 2 N–H and O–H groups in total. The minimum atomic E-state index is -1.78. The van der Waals surface area contributed by atoms with Crippen molar-refractivity contribution >= 4 is 11.9 Å². The Hall–Kier alpha value is -1.48. The van der Waals surface area contributed by atoms with E-state index >= 15 is 0 Å². The van der Waals surface area contributed by atoms with Gasteiger partial charge in [-0.3, -0.25) is 0 Å². The quantitative estimate of drug-likeness (QED) is 0.490. The van der Waals surface area contributed by atoms with E-state index in [2.05, 4.69) is 0 Å². The minimum Gasteiger partial charge on any atom is -0.478 e. The van der Waals surface area contributed by atoms with Crippen LogP contribution in [-0.4, -0.2) is 62.2 Å². The van der Waals surface area contributed by atoms with Crippen molar-refractivity contribution in [2.24, 2.45) is 0 Å². The summed E-state index contributed by atoms with van der Waals surface area (Å²) >= 11 is 0. The van der Waals surface area contributed by atoms with Gasteiger partial charge in [0, 0.05) is 28.4 Å². The highest BCUT2D eigenvalue weighted by molar-refractivity contribution is 6.01. The number of carboxylic acids is 2. The van der Waals surface area contributed by atoms with Crippen molar-refractivity contribution in [3.05, 3.63) is 11.1 Å².